The second-order valence-corrected chi connectivity index (χ2v) is 7.46. The number of benzene rings is 1. The van der Waals surface area contributed by atoms with E-state index in [1.165, 1.54) is 24.3 Å². The molecule has 11 heteroatoms. The lowest BCUT2D eigenvalue weighted by Gasteiger charge is -2.10. The van der Waals surface area contributed by atoms with Gasteiger partial charge in [-0.1, -0.05) is 0 Å². The molecular formula is C15H17F3N4O3S. The summed E-state index contributed by atoms with van der Waals surface area (Å²) in [5, 5.41) is 5.74. The first-order valence-corrected chi connectivity index (χ1v) is 8.98. The van der Waals surface area contributed by atoms with E-state index in [1.54, 1.807) is 13.8 Å². The smallest absolute Gasteiger partial charge is 0.324 e. The van der Waals surface area contributed by atoms with Crippen molar-refractivity contribution in [1.82, 2.24) is 14.5 Å². The molecule has 1 aromatic carbocycles. The van der Waals surface area contributed by atoms with Gasteiger partial charge in [0.2, 0.25) is 15.9 Å². The summed E-state index contributed by atoms with van der Waals surface area (Å²) in [5.41, 5.74) is -0.779. The lowest BCUT2D eigenvalue weighted by Crippen LogP contribution is -2.30. The van der Waals surface area contributed by atoms with Gasteiger partial charge >= 0.3 is 6.18 Å². The van der Waals surface area contributed by atoms with Gasteiger partial charge < -0.3 is 5.32 Å². The van der Waals surface area contributed by atoms with Crippen molar-refractivity contribution >= 4 is 21.6 Å². The van der Waals surface area contributed by atoms with Crippen molar-refractivity contribution < 1.29 is 26.4 Å². The number of hydrogen-bond donors (Lipinski definition) is 2. The average molecular weight is 390 g/mol. The first kappa shape index (κ1) is 19.9. The van der Waals surface area contributed by atoms with Gasteiger partial charge in [0.05, 0.1) is 4.90 Å². The fourth-order valence-electron chi connectivity index (χ4n) is 2.04. The summed E-state index contributed by atoms with van der Waals surface area (Å²) >= 11 is 0. The number of halogens is 3. The summed E-state index contributed by atoms with van der Waals surface area (Å²) < 4.78 is 64.7. The van der Waals surface area contributed by atoms with E-state index in [2.05, 4.69) is 15.1 Å². The van der Waals surface area contributed by atoms with Crippen molar-refractivity contribution in [3.05, 3.63) is 42.2 Å². The molecule has 0 aliphatic carbocycles. The van der Waals surface area contributed by atoms with Crippen LogP contribution in [0.2, 0.25) is 0 Å². The largest absolute Gasteiger partial charge is 0.435 e. The Kier molecular flexibility index (Phi) is 5.71. The van der Waals surface area contributed by atoms with Crippen molar-refractivity contribution in [2.45, 2.75) is 37.5 Å². The highest BCUT2D eigenvalue weighted by atomic mass is 32.2. The molecule has 0 atom stereocenters. The summed E-state index contributed by atoms with van der Waals surface area (Å²) in [4.78, 5) is 11.9. The van der Waals surface area contributed by atoms with Crippen molar-refractivity contribution in [1.29, 1.82) is 0 Å². The number of alkyl halides is 3. The fourth-order valence-corrected chi connectivity index (χ4v) is 3.30. The molecule has 2 N–H and O–H groups in total. The van der Waals surface area contributed by atoms with Gasteiger partial charge in [-0.05, 0) is 44.2 Å². The normalized spacial score (nSPS) is 12.4. The van der Waals surface area contributed by atoms with E-state index in [0.717, 1.165) is 16.9 Å². The van der Waals surface area contributed by atoms with Crippen LogP contribution in [0.3, 0.4) is 0 Å². The molecule has 7 nitrogen and oxygen atoms in total. The number of rotatable bonds is 6. The zero-order valence-electron chi connectivity index (χ0n) is 13.9. The number of amides is 1. The average Bonchev–Trinajstić information content (AvgIpc) is 2.95. The lowest BCUT2D eigenvalue weighted by atomic mass is 10.3. The predicted molar refractivity (Wildman–Crippen MR) is 87.8 cm³/mol. The van der Waals surface area contributed by atoms with Crippen LogP contribution < -0.4 is 10.0 Å². The Labute approximate surface area is 148 Å². The molecule has 2 aromatic rings. The van der Waals surface area contributed by atoms with Gasteiger partial charge in [-0.15, -0.1) is 0 Å². The van der Waals surface area contributed by atoms with Crippen molar-refractivity contribution in [3.63, 3.8) is 0 Å². The highest BCUT2D eigenvalue weighted by Crippen LogP contribution is 2.27. The van der Waals surface area contributed by atoms with Gasteiger partial charge in [0.1, 0.15) is 6.54 Å². The van der Waals surface area contributed by atoms with Gasteiger partial charge in [-0.25, -0.2) is 13.1 Å². The Bertz CT molecular complexity index is 874. The van der Waals surface area contributed by atoms with E-state index < -0.39 is 34.3 Å². The molecule has 0 saturated heterocycles. The Morgan fingerprint density at radius 2 is 1.81 bits per heavy atom. The second kappa shape index (κ2) is 7.46. The van der Waals surface area contributed by atoms with E-state index in [1.807, 2.05) is 0 Å². The third-order valence-corrected chi connectivity index (χ3v) is 4.75. The molecule has 0 aliphatic rings. The molecule has 1 amide bonds. The van der Waals surface area contributed by atoms with E-state index in [9.17, 15) is 26.4 Å². The molecular weight excluding hydrogens is 373 g/mol. The molecule has 0 fully saturated rings. The monoisotopic (exact) mass is 390 g/mol. The molecule has 0 saturated carbocycles. The number of carbonyl (C=O) groups is 1. The van der Waals surface area contributed by atoms with Crippen LogP contribution in [0.1, 0.15) is 19.5 Å². The molecule has 1 aromatic heterocycles. The minimum absolute atomic E-state index is 0.0334. The quantitative estimate of drug-likeness (QED) is 0.791. The van der Waals surface area contributed by atoms with Gasteiger partial charge in [0.25, 0.3) is 0 Å². The zero-order valence-corrected chi connectivity index (χ0v) is 14.7. The van der Waals surface area contributed by atoms with Crippen molar-refractivity contribution in [2.75, 3.05) is 5.32 Å². The number of sulfonamides is 1. The molecule has 0 radical (unpaired) electrons. The van der Waals surface area contributed by atoms with E-state index in [4.69, 9.17) is 0 Å². The first-order chi connectivity index (χ1) is 12.0. The number of hydrogen-bond acceptors (Lipinski definition) is 4. The Morgan fingerprint density at radius 1 is 1.19 bits per heavy atom. The van der Waals surface area contributed by atoms with Crippen LogP contribution in [0.15, 0.2) is 41.4 Å². The van der Waals surface area contributed by atoms with Crippen LogP contribution in [0.4, 0.5) is 18.9 Å². The Hall–Kier alpha value is -2.40. The maximum absolute atomic E-state index is 12.5. The number of carbonyl (C=O) groups excluding carboxylic acids is 1. The van der Waals surface area contributed by atoms with Crippen LogP contribution in [0, 0.1) is 0 Å². The maximum Gasteiger partial charge on any atom is 0.435 e. The number of nitrogens with zero attached hydrogens (tertiary/aromatic N) is 2. The molecule has 0 aliphatic heterocycles. The molecule has 1 heterocycles. The van der Waals surface area contributed by atoms with Crippen molar-refractivity contribution in [3.8, 4) is 0 Å². The Morgan fingerprint density at radius 3 is 2.31 bits per heavy atom. The summed E-state index contributed by atoms with van der Waals surface area (Å²) in [5.74, 6) is -0.599. The standard InChI is InChI=1S/C15H17F3N4O3S/c1-10(2)21-26(24,25)12-5-3-11(4-6-12)19-14(23)9-22-8-7-13(20-22)15(16,17)18/h3-8,10,21H,9H2,1-2H3,(H,19,23). The van der Waals surface area contributed by atoms with E-state index in [-0.39, 0.29) is 10.9 Å². The highest BCUT2D eigenvalue weighted by molar-refractivity contribution is 7.89. The lowest BCUT2D eigenvalue weighted by molar-refractivity contribution is -0.141. The molecule has 0 spiro atoms. The Balaban J connectivity index is 2.00. The summed E-state index contributed by atoms with van der Waals surface area (Å²) in [6, 6.07) is 5.91. The topological polar surface area (TPSA) is 93.1 Å². The van der Waals surface area contributed by atoms with Gasteiger partial charge in [-0.2, -0.15) is 18.3 Å². The van der Waals surface area contributed by atoms with E-state index in [0.29, 0.717) is 5.69 Å². The SMILES string of the molecule is CC(C)NS(=O)(=O)c1ccc(NC(=O)Cn2ccc(C(F)(F)F)n2)cc1. The number of nitrogens with one attached hydrogen (secondary N) is 2. The number of aromatic nitrogens is 2. The fraction of sp³-hybridized carbons (Fsp3) is 0.333. The van der Waals surface area contributed by atoms with Gasteiger partial charge in [0, 0.05) is 17.9 Å². The predicted octanol–water partition coefficient (Wildman–Crippen LogP) is 2.23. The maximum atomic E-state index is 12.5. The summed E-state index contributed by atoms with van der Waals surface area (Å²) in [7, 11) is -3.65. The van der Waals surface area contributed by atoms with Crippen LogP contribution >= 0.6 is 0 Å². The van der Waals surface area contributed by atoms with Crippen LogP contribution in [-0.4, -0.2) is 30.1 Å². The molecule has 0 unspecified atom stereocenters. The van der Waals surface area contributed by atoms with Gasteiger partial charge in [0.15, 0.2) is 5.69 Å². The third kappa shape index (κ3) is 5.30. The number of anilines is 1. The molecule has 0 bridgehead atoms. The summed E-state index contributed by atoms with van der Waals surface area (Å²) in [6.45, 7) is 2.96. The van der Waals surface area contributed by atoms with Crippen LogP contribution in [-0.2, 0) is 27.5 Å². The molecule has 142 valence electrons. The zero-order chi connectivity index (χ0) is 19.5. The van der Waals surface area contributed by atoms with E-state index >= 15 is 0 Å². The minimum atomic E-state index is -4.58. The first-order valence-electron chi connectivity index (χ1n) is 7.50. The minimum Gasteiger partial charge on any atom is -0.324 e. The van der Waals surface area contributed by atoms with Gasteiger partial charge in [-0.3, -0.25) is 9.48 Å². The van der Waals surface area contributed by atoms with Crippen molar-refractivity contribution in [2.24, 2.45) is 0 Å². The molecule has 2 rings (SSSR count). The van der Waals surface area contributed by atoms with Crippen LogP contribution in [0.25, 0.3) is 0 Å². The van der Waals surface area contributed by atoms with Crippen LogP contribution in [0.5, 0.6) is 0 Å². The third-order valence-electron chi connectivity index (χ3n) is 3.08. The highest BCUT2D eigenvalue weighted by Gasteiger charge is 2.33. The second-order valence-electron chi connectivity index (χ2n) is 5.74. The summed E-state index contributed by atoms with van der Waals surface area (Å²) in [6.07, 6.45) is -3.53. The molecule has 26 heavy (non-hydrogen) atoms.